The van der Waals surface area contributed by atoms with Gasteiger partial charge < -0.3 is 10.2 Å². The summed E-state index contributed by atoms with van der Waals surface area (Å²) in [5, 5.41) is 8.71. The molecule has 170 valence electrons. The Balaban J connectivity index is 1.33. The molecule has 33 heavy (non-hydrogen) atoms. The summed E-state index contributed by atoms with van der Waals surface area (Å²) >= 11 is 1.68. The Morgan fingerprint density at radius 1 is 1.03 bits per heavy atom. The average Bonchev–Trinajstić information content (AvgIpc) is 3.48. The van der Waals surface area contributed by atoms with Crippen molar-refractivity contribution in [3.8, 4) is 5.95 Å². The van der Waals surface area contributed by atoms with Gasteiger partial charge in [0.2, 0.25) is 5.91 Å². The van der Waals surface area contributed by atoms with Gasteiger partial charge in [-0.05, 0) is 64.8 Å². The Kier molecular flexibility index (Phi) is 5.57. The van der Waals surface area contributed by atoms with Gasteiger partial charge in [0.15, 0.2) is 5.13 Å². The zero-order valence-electron chi connectivity index (χ0n) is 19.3. The Labute approximate surface area is 196 Å². The summed E-state index contributed by atoms with van der Waals surface area (Å²) in [6.07, 6.45) is 2.69. The number of nitrogens with zero attached hydrogens (tertiary/aromatic N) is 6. The number of amides is 1. The van der Waals surface area contributed by atoms with Crippen molar-refractivity contribution in [1.29, 1.82) is 0 Å². The third-order valence-electron chi connectivity index (χ3n) is 5.98. The molecule has 0 atom stereocenters. The fraction of sp³-hybridized carbons (Fsp3) is 0.375. The van der Waals surface area contributed by atoms with Gasteiger partial charge in [0.25, 0.3) is 5.95 Å². The topological polar surface area (TPSA) is 88.8 Å². The molecule has 0 bridgehead atoms. The standard InChI is InChI=1S/C24H27N7OS/c1-14-11-15(2)26-23(25-14)31-17(4)19(16(3)29-31)13-22(32)27-18-7-8-20-21(12-18)33-24(28-20)30-9-5-6-10-30/h7-8,11-12H,5-6,9-10,13H2,1-4H3,(H,27,32). The monoisotopic (exact) mass is 461 g/mol. The molecule has 1 N–H and O–H groups in total. The molecule has 4 heterocycles. The number of carbonyl (C=O) groups excluding carboxylic acids is 1. The first kappa shape index (κ1) is 21.5. The van der Waals surface area contributed by atoms with E-state index in [-0.39, 0.29) is 12.3 Å². The van der Waals surface area contributed by atoms with Crippen molar-refractivity contribution >= 4 is 38.3 Å². The number of carbonyl (C=O) groups is 1. The molecule has 4 aromatic rings. The van der Waals surface area contributed by atoms with E-state index >= 15 is 0 Å². The van der Waals surface area contributed by atoms with Gasteiger partial charge in [0.05, 0.1) is 22.3 Å². The van der Waals surface area contributed by atoms with Crippen molar-refractivity contribution in [2.75, 3.05) is 23.3 Å². The Morgan fingerprint density at radius 2 is 1.76 bits per heavy atom. The van der Waals surface area contributed by atoms with Crippen LogP contribution in [-0.4, -0.2) is 43.7 Å². The van der Waals surface area contributed by atoms with E-state index in [0.29, 0.717) is 5.95 Å². The minimum atomic E-state index is -0.0780. The van der Waals surface area contributed by atoms with Crippen LogP contribution in [-0.2, 0) is 11.2 Å². The maximum Gasteiger partial charge on any atom is 0.251 e. The number of hydrogen-bond donors (Lipinski definition) is 1. The van der Waals surface area contributed by atoms with Crippen LogP contribution < -0.4 is 10.2 Å². The van der Waals surface area contributed by atoms with Crippen LogP contribution in [0.25, 0.3) is 16.2 Å². The van der Waals surface area contributed by atoms with Gasteiger partial charge in [0.1, 0.15) is 0 Å². The number of hydrogen-bond acceptors (Lipinski definition) is 7. The van der Waals surface area contributed by atoms with Crippen LogP contribution >= 0.6 is 11.3 Å². The fourth-order valence-electron chi connectivity index (χ4n) is 4.33. The Morgan fingerprint density at radius 3 is 2.48 bits per heavy atom. The van der Waals surface area contributed by atoms with Crippen molar-refractivity contribution in [1.82, 2.24) is 24.7 Å². The van der Waals surface area contributed by atoms with Crippen molar-refractivity contribution < 1.29 is 4.79 Å². The SMILES string of the molecule is Cc1cc(C)nc(-n2nc(C)c(CC(=O)Nc3ccc4nc(N5CCCC5)sc4c3)c2C)n1. The minimum absolute atomic E-state index is 0.0780. The highest BCUT2D eigenvalue weighted by Gasteiger charge is 2.19. The van der Waals surface area contributed by atoms with Crippen molar-refractivity contribution in [2.45, 2.75) is 47.0 Å². The predicted molar refractivity (Wildman–Crippen MR) is 132 cm³/mol. The van der Waals surface area contributed by atoms with E-state index in [1.807, 2.05) is 52.0 Å². The van der Waals surface area contributed by atoms with E-state index < -0.39 is 0 Å². The van der Waals surface area contributed by atoms with Crippen LogP contribution in [0.15, 0.2) is 24.3 Å². The molecule has 0 saturated carbocycles. The zero-order chi connectivity index (χ0) is 23.1. The third-order valence-corrected chi connectivity index (χ3v) is 7.05. The molecule has 1 aromatic carbocycles. The number of benzene rings is 1. The zero-order valence-corrected chi connectivity index (χ0v) is 20.2. The Hall–Kier alpha value is -3.33. The first-order chi connectivity index (χ1) is 15.9. The second-order valence-electron chi connectivity index (χ2n) is 8.61. The summed E-state index contributed by atoms with van der Waals surface area (Å²) in [5.74, 6) is 0.454. The van der Waals surface area contributed by atoms with Crippen LogP contribution in [0.4, 0.5) is 10.8 Å². The number of thiazole rings is 1. The summed E-state index contributed by atoms with van der Waals surface area (Å²) < 4.78 is 2.81. The van der Waals surface area contributed by atoms with Gasteiger partial charge in [-0.25, -0.2) is 19.6 Å². The molecule has 5 rings (SSSR count). The quantitative estimate of drug-likeness (QED) is 0.477. The van der Waals surface area contributed by atoms with Crippen LogP contribution in [0.1, 0.15) is 41.2 Å². The molecule has 1 aliphatic heterocycles. The average molecular weight is 462 g/mol. The number of nitrogens with one attached hydrogen (secondary N) is 1. The smallest absolute Gasteiger partial charge is 0.251 e. The van der Waals surface area contributed by atoms with Crippen molar-refractivity contribution in [2.24, 2.45) is 0 Å². The highest BCUT2D eigenvalue weighted by molar-refractivity contribution is 7.22. The van der Waals surface area contributed by atoms with E-state index in [1.54, 1.807) is 16.0 Å². The number of fused-ring (bicyclic) bond motifs is 1. The molecule has 1 fully saturated rings. The largest absolute Gasteiger partial charge is 0.348 e. The van der Waals surface area contributed by atoms with Crippen LogP contribution in [0.3, 0.4) is 0 Å². The lowest BCUT2D eigenvalue weighted by Gasteiger charge is -2.11. The lowest BCUT2D eigenvalue weighted by atomic mass is 10.1. The third kappa shape index (κ3) is 4.32. The molecule has 0 unspecified atom stereocenters. The highest BCUT2D eigenvalue weighted by Crippen LogP contribution is 2.32. The first-order valence-corrected chi connectivity index (χ1v) is 12.0. The molecule has 9 heteroatoms. The molecule has 1 saturated heterocycles. The van der Waals surface area contributed by atoms with Gasteiger partial charge in [-0.2, -0.15) is 5.10 Å². The molecular formula is C24H27N7OS. The van der Waals surface area contributed by atoms with Crippen LogP contribution in [0.2, 0.25) is 0 Å². The van der Waals surface area contributed by atoms with Crippen molar-refractivity contribution in [3.05, 3.63) is 52.6 Å². The second kappa shape index (κ2) is 8.55. The number of aryl methyl sites for hydroxylation is 3. The summed E-state index contributed by atoms with van der Waals surface area (Å²) in [5.41, 5.74) is 6.10. The summed E-state index contributed by atoms with van der Waals surface area (Å²) in [7, 11) is 0. The van der Waals surface area contributed by atoms with E-state index in [2.05, 4.69) is 25.3 Å². The van der Waals surface area contributed by atoms with Crippen LogP contribution in [0, 0.1) is 27.7 Å². The van der Waals surface area contributed by atoms with Crippen LogP contribution in [0.5, 0.6) is 0 Å². The number of anilines is 2. The lowest BCUT2D eigenvalue weighted by Crippen LogP contribution is -2.16. The number of aromatic nitrogens is 5. The summed E-state index contributed by atoms with van der Waals surface area (Å²) in [6, 6.07) is 7.84. The molecule has 0 radical (unpaired) electrons. The second-order valence-corrected chi connectivity index (χ2v) is 9.62. The molecule has 0 aliphatic carbocycles. The van der Waals surface area contributed by atoms with Gasteiger partial charge in [-0.3, -0.25) is 4.79 Å². The fourth-order valence-corrected chi connectivity index (χ4v) is 5.38. The predicted octanol–water partition coefficient (Wildman–Crippen LogP) is 4.29. The molecule has 8 nitrogen and oxygen atoms in total. The summed E-state index contributed by atoms with van der Waals surface area (Å²) in [6.45, 7) is 9.88. The summed E-state index contributed by atoms with van der Waals surface area (Å²) in [4.78, 5) is 29.0. The van der Waals surface area contributed by atoms with E-state index in [0.717, 1.165) is 62.5 Å². The van der Waals surface area contributed by atoms with Gasteiger partial charge in [0, 0.05) is 41.4 Å². The van der Waals surface area contributed by atoms with Gasteiger partial charge in [-0.1, -0.05) is 11.3 Å². The highest BCUT2D eigenvalue weighted by atomic mass is 32.1. The van der Waals surface area contributed by atoms with Gasteiger partial charge in [-0.15, -0.1) is 0 Å². The number of rotatable bonds is 5. The lowest BCUT2D eigenvalue weighted by molar-refractivity contribution is -0.115. The van der Waals surface area contributed by atoms with E-state index in [4.69, 9.17) is 4.98 Å². The molecule has 1 aliphatic rings. The first-order valence-electron chi connectivity index (χ1n) is 11.2. The van der Waals surface area contributed by atoms with E-state index in [9.17, 15) is 4.79 Å². The molecule has 0 spiro atoms. The normalized spacial score (nSPS) is 13.8. The molecular weight excluding hydrogens is 434 g/mol. The minimum Gasteiger partial charge on any atom is -0.348 e. The maximum atomic E-state index is 12.9. The van der Waals surface area contributed by atoms with Crippen molar-refractivity contribution in [3.63, 3.8) is 0 Å². The van der Waals surface area contributed by atoms with E-state index in [1.165, 1.54) is 12.8 Å². The Bertz CT molecular complexity index is 1330. The van der Waals surface area contributed by atoms with Gasteiger partial charge >= 0.3 is 0 Å². The maximum absolute atomic E-state index is 12.9. The molecule has 3 aromatic heterocycles. The molecule has 1 amide bonds.